The van der Waals surface area contributed by atoms with Gasteiger partial charge in [-0.1, -0.05) is 46.3 Å². The Labute approximate surface area is 142 Å². The van der Waals surface area contributed by atoms with E-state index >= 15 is 0 Å². The molecule has 0 radical (unpaired) electrons. The molecule has 7 heteroatoms. The van der Waals surface area contributed by atoms with Gasteiger partial charge in [0.2, 0.25) is 0 Å². The van der Waals surface area contributed by atoms with Gasteiger partial charge in [-0.25, -0.2) is 9.78 Å². The smallest absolute Gasteiger partial charge is 0.407 e. The highest BCUT2D eigenvalue weighted by Crippen LogP contribution is 2.24. The molecular weight excluding hydrogens is 360 g/mol. The van der Waals surface area contributed by atoms with Crippen LogP contribution in [-0.2, 0) is 6.54 Å². The molecule has 0 unspecified atom stereocenters. The fourth-order valence-corrected chi connectivity index (χ4v) is 2.92. The van der Waals surface area contributed by atoms with Crippen LogP contribution in [0.4, 0.5) is 4.79 Å². The molecule has 0 saturated carbocycles. The molecule has 2 aromatic rings. The van der Waals surface area contributed by atoms with Crippen LogP contribution in [0.25, 0.3) is 17.0 Å². The van der Waals surface area contributed by atoms with Crippen LogP contribution in [0.2, 0.25) is 0 Å². The molecule has 0 spiro atoms. The number of aromatic nitrogens is 3. The van der Waals surface area contributed by atoms with E-state index in [0.717, 1.165) is 29.4 Å². The van der Waals surface area contributed by atoms with Crippen molar-refractivity contribution in [3.05, 3.63) is 42.2 Å². The SMILES string of the molecule is O=C(O)N1CC=C(c2ccc(-c3ncn(CCBr)n3)cc2)CC1. The van der Waals surface area contributed by atoms with Crippen LogP contribution in [0.15, 0.2) is 36.7 Å². The lowest BCUT2D eigenvalue weighted by molar-refractivity contribution is 0.150. The minimum absolute atomic E-state index is 0.449. The summed E-state index contributed by atoms with van der Waals surface area (Å²) in [6.07, 6.45) is 3.59. The number of halogens is 1. The van der Waals surface area contributed by atoms with Gasteiger partial charge in [-0.3, -0.25) is 4.68 Å². The Kier molecular flexibility index (Phi) is 4.76. The van der Waals surface area contributed by atoms with Gasteiger partial charge < -0.3 is 10.0 Å². The molecule has 23 heavy (non-hydrogen) atoms. The Balaban J connectivity index is 1.73. The lowest BCUT2D eigenvalue weighted by atomic mass is 9.98. The van der Waals surface area contributed by atoms with Crippen molar-refractivity contribution in [2.24, 2.45) is 0 Å². The molecule has 1 aliphatic rings. The van der Waals surface area contributed by atoms with Gasteiger partial charge in [0.1, 0.15) is 6.33 Å². The van der Waals surface area contributed by atoms with Crippen molar-refractivity contribution in [1.29, 1.82) is 0 Å². The number of benzene rings is 1. The number of aryl methyl sites for hydroxylation is 1. The van der Waals surface area contributed by atoms with E-state index in [1.54, 1.807) is 6.33 Å². The van der Waals surface area contributed by atoms with Gasteiger partial charge in [-0.2, -0.15) is 5.10 Å². The first-order valence-corrected chi connectivity index (χ1v) is 8.52. The van der Waals surface area contributed by atoms with E-state index in [4.69, 9.17) is 5.11 Å². The lowest BCUT2D eigenvalue weighted by Gasteiger charge is -2.23. The Morgan fingerprint density at radius 2 is 2.00 bits per heavy atom. The first-order chi connectivity index (χ1) is 11.2. The zero-order valence-corrected chi connectivity index (χ0v) is 14.1. The Bertz CT molecular complexity index is 724. The Morgan fingerprint density at radius 1 is 1.26 bits per heavy atom. The van der Waals surface area contributed by atoms with E-state index < -0.39 is 6.09 Å². The monoisotopic (exact) mass is 376 g/mol. The van der Waals surface area contributed by atoms with Crippen LogP contribution in [0.5, 0.6) is 0 Å². The standard InChI is InChI=1S/C16H17BrN4O2/c17-7-10-21-11-18-15(19-21)14-3-1-12(2-4-14)13-5-8-20(9-6-13)16(22)23/h1-5,11H,6-10H2,(H,22,23). The van der Waals surface area contributed by atoms with Gasteiger partial charge in [0.05, 0.1) is 6.54 Å². The quantitative estimate of drug-likeness (QED) is 0.832. The summed E-state index contributed by atoms with van der Waals surface area (Å²) in [5, 5.41) is 14.2. The normalized spacial score (nSPS) is 14.7. The number of rotatable bonds is 4. The molecule has 1 N–H and O–H groups in total. The molecule has 3 rings (SSSR count). The summed E-state index contributed by atoms with van der Waals surface area (Å²) < 4.78 is 1.81. The second-order valence-corrected chi connectivity index (χ2v) is 6.10. The average molecular weight is 377 g/mol. The van der Waals surface area contributed by atoms with Crippen LogP contribution >= 0.6 is 15.9 Å². The highest BCUT2D eigenvalue weighted by atomic mass is 79.9. The van der Waals surface area contributed by atoms with Crippen LogP contribution < -0.4 is 0 Å². The first-order valence-electron chi connectivity index (χ1n) is 7.40. The zero-order chi connectivity index (χ0) is 16.2. The van der Waals surface area contributed by atoms with Crippen LogP contribution in [0, 0.1) is 0 Å². The van der Waals surface area contributed by atoms with E-state index in [9.17, 15) is 4.79 Å². The van der Waals surface area contributed by atoms with Crippen molar-refractivity contribution >= 4 is 27.6 Å². The molecule has 0 saturated heterocycles. The highest BCUT2D eigenvalue weighted by Gasteiger charge is 2.16. The molecule has 2 heterocycles. The summed E-state index contributed by atoms with van der Waals surface area (Å²) in [5.74, 6) is 0.715. The largest absolute Gasteiger partial charge is 0.465 e. The predicted octanol–water partition coefficient (Wildman–Crippen LogP) is 3.11. The summed E-state index contributed by atoms with van der Waals surface area (Å²) in [4.78, 5) is 16.7. The van der Waals surface area contributed by atoms with Gasteiger partial charge in [-0.05, 0) is 17.6 Å². The van der Waals surface area contributed by atoms with Gasteiger partial charge in [0.15, 0.2) is 5.82 Å². The first kappa shape index (κ1) is 15.7. The Morgan fingerprint density at radius 3 is 2.61 bits per heavy atom. The van der Waals surface area contributed by atoms with Crippen molar-refractivity contribution in [3.63, 3.8) is 0 Å². The van der Waals surface area contributed by atoms with Crippen LogP contribution in [0.1, 0.15) is 12.0 Å². The minimum atomic E-state index is -0.860. The third kappa shape index (κ3) is 3.61. The molecule has 1 aromatic carbocycles. The van der Waals surface area contributed by atoms with Crippen molar-refractivity contribution in [1.82, 2.24) is 19.7 Å². The number of hydrogen-bond donors (Lipinski definition) is 1. The molecule has 1 aromatic heterocycles. The predicted molar refractivity (Wildman–Crippen MR) is 91.4 cm³/mol. The second-order valence-electron chi connectivity index (χ2n) is 5.31. The van der Waals surface area contributed by atoms with Crippen molar-refractivity contribution in [2.75, 3.05) is 18.4 Å². The topological polar surface area (TPSA) is 71.2 Å². The Hall–Kier alpha value is -2.15. The molecule has 120 valence electrons. The molecule has 1 amide bonds. The van der Waals surface area contributed by atoms with E-state index in [2.05, 4.69) is 26.0 Å². The summed E-state index contributed by atoms with van der Waals surface area (Å²) in [6, 6.07) is 8.10. The second kappa shape index (κ2) is 6.95. The third-order valence-corrected chi connectivity index (χ3v) is 4.20. The van der Waals surface area contributed by atoms with Crippen molar-refractivity contribution in [2.45, 2.75) is 13.0 Å². The molecule has 0 atom stereocenters. The van der Waals surface area contributed by atoms with Crippen molar-refractivity contribution < 1.29 is 9.90 Å². The van der Waals surface area contributed by atoms with E-state index in [-0.39, 0.29) is 0 Å². The minimum Gasteiger partial charge on any atom is -0.465 e. The van der Waals surface area contributed by atoms with E-state index in [0.29, 0.717) is 18.9 Å². The van der Waals surface area contributed by atoms with Crippen molar-refractivity contribution in [3.8, 4) is 11.4 Å². The average Bonchev–Trinajstić information content (AvgIpc) is 3.04. The summed E-state index contributed by atoms with van der Waals surface area (Å²) in [5.41, 5.74) is 3.29. The van der Waals surface area contributed by atoms with Gasteiger partial charge in [0, 0.05) is 24.0 Å². The van der Waals surface area contributed by atoms with E-state index in [1.165, 1.54) is 10.5 Å². The molecule has 0 aliphatic carbocycles. The summed E-state index contributed by atoms with van der Waals surface area (Å²) >= 11 is 3.38. The number of alkyl halides is 1. The number of hydrogen-bond acceptors (Lipinski definition) is 3. The highest BCUT2D eigenvalue weighted by molar-refractivity contribution is 9.09. The number of carbonyl (C=O) groups is 1. The summed E-state index contributed by atoms with van der Waals surface area (Å²) in [6.45, 7) is 1.78. The molecule has 6 nitrogen and oxygen atoms in total. The molecule has 1 aliphatic heterocycles. The fraction of sp³-hybridized carbons (Fsp3) is 0.312. The van der Waals surface area contributed by atoms with Crippen LogP contribution in [-0.4, -0.2) is 49.3 Å². The van der Waals surface area contributed by atoms with E-state index in [1.807, 2.05) is 35.0 Å². The molecule has 0 bridgehead atoms. The van der Waals surface area contributed by atoms with Gasteiger partial charge in [-0.15, -0.1) is 0 Å². The van der Waals surface area contributed by atoms with Gasteiger partial charge in [0.25, 0.3) is 0 Å². The molecule has 0 fully saturated rings. The maximum Gasteiger partial charge on any atom is 0.407 e. The zero-order valence-electron chi connectivity index (χ0n) is 12.5. The molecular formula is C16H17BrN4O2. The maximum atomic E-state index is 10.9. The number of nitrogens with zero attached hydrogens (tertiary/aromatic N) is 4. The fourth-order valence-electron chi connectivity index (χ4n) is 2.56. The van der Waals surface area contributed by atoms with Crippen LogP contribution in [0.3, 0.4) is 0 Å². The maximum absolute atomic E-state index is 10.9. The third-order valence-electron chi connectivity index (χ3n) is 3.84. The number of amides is 1. The summed E-state index contributed by atoms with van der Waals surface area (Å²) in [7, 11) is 0. The lowest BCUT2D eigenvalue weighted by Crippen LogP contribution is -2.33. The number of carboxylic acid groups (broad SMARTS) is 1. The van der Waals surface area contributed by atoms with Gasteiger partial charge >= 0.3 is 6.09 Å².